The van der Waals surface area contributed by atoms with E-state index in [4.69, 9.17) is 11.6 Å². The van der Waals surface area contributed by atoms with E-state index >= 15 is 0 Å². The van der Waals surface area contributed by atoms with Crippen molar-refractivity contribution in [2.75, 3.05) is 12.4 Å². The minimum Gasteiger partial charge on any atom is -0.310 e. The maximum Gasteiger partial charge on any atom is 0.0406 e. The Labute approximate surface area is 100.0 Å². The van der Waals surface area contributed by atoms with Crippen molar-refractivity contribution in [3.05, 3.63) is 0 Å². The van der Waals surface area contributed by atoms with Gasteiger partial charge in [-0.2, -0.15) is 0 Å². The van der Waals surface area contributed by atoms with E-state index in [1.165, 1.54) is 57.8 Å². The molecular formula is C13H26ClN. The van der Waals surface area contributed by atoms with Crippen LogP contribution in [0, 0.1) is 0 Å². The fraction of sp³-hybridized carbons (Fsp3) is 1.00. The number of halogens is 1. The van der Waals surface area contributed by atoms with Gasteiger partial charge in [-0.05, 0) is 25.8 Å². The molecule has 1 fully saturated rings. The van der Waals surface area contributed by atoms with Crippen molar-refractivity contribution in [3.63, 3.8) is 0 Å². The number of rotatable bonds is 8. The summed E-state index contributed by atoms with van der Waals surface area (Å²) in [6, 6.07) is 0. The molecule has 0 aromatic heterocycles. The maximum atomic E-state index is 6.06. The lowest BCUT2D eigenvalue weighted by atomic mass is 10.00. The summed E-state index contributed by atoms with van der Waals surface area (Å²) in [4.78, 5) is 0. The third kappa shape index (κ3) is 4.74. The third-order valence-electron chi connectivity index (χ3n) is 3.60. The van der Waals surface area contributed by atoms with Crippen molar-refractivity contribution < 1.29 is 0 Å². The highest BCUT2D eigenvalue weighted by Crippen LogP contribution is 2.30. The van der Waals surface area contributed by atoms with Crippen molar-refractivity contribution in [2.24, 2.45) is 0 Å². The Balaban J connectivity index is 2.02. The van der Waals surface area contributed by atoms with Gasteiger partial charge in [0, 0.05) is 11.4 Å². The SMILES string of the molecule is CCCCCCCNC1(CCl)CCCC1. The van der Waals surface area contributed by atoms with E-state index in [2.05, 4.69) is 12.2 Å². The minimum absolute atomic E-state index is 0.298. The molecule has 0 unspecified atom stereocenters. The topological polar surface area (TPSA) is 12.0 Å². The Morgan fingerprint density at radius 2 is 1.73 bits per heavy atom. The van der Waals surface area contributed by atoms with Gasteiger partial charge in [0.2, 0.25) is 0 Å². The van der Waals surface area contributed by atoms with E-state index < -0.39 is 0 Å². The Morgan fingerprint density at radius 3 is 2.33 bits per heavy atom. The van der Waals surface area contributed by atoms with Crippen LogP contribution in [-0.4, -0.2) is 18.0 Å². The third-order valence-corrected chi connectivity index (χ3v) is 4.11. The predicted molar refractivity (Wildman–Crippen MR) is 68.7 cm³/mol. The van der Waals surface area contributed by atoms with Crippen molar-refractivity contribution in [1.82, 2.24) is 5.32 Å². The summed E-state index contributed by atoms with van der Waals surface area (Å²) < 4.78 is 0. The first-order valence-corrected chi connectivity index (χ1v) is 7.17. The van der Waals surface area contributed by atoms with Gasteiger partial charge in [0.05, 0.1) is 0 Å². The highest BCUT2D eigenvalue weighted by Gasteiger charge is 2.31. The van der Waals surface area contributed by atoms with Crippen molar-refractivity contribution >= 4 is 11.6 Å². The monoisotopic (exact) mass is 231 g/mol. The van der Waals surface area contributed by atoms with Gasteiger partial charge in [-0.25, -0.2) is 0 Å². The zero-order valence-corrected chi connectivity index (χ0v) is 10.9. The smallest absolute Gasteiger partial charge is 0.0406 e. The summed E-state index contributed by atoms with van der Waals surface area (Å²) in [7, 11) is 0. The average Bonchev–Trinajstić information content (AvgIpc) is 2.73. The van der Waals surface area contributed by atoms with Crippen molar-refractivity contribution in [3.8, 4) is 0 Å². The number of alkyl halides is 1. The summed E-state index contributed by atoms with van der Waals surface area (Å²) in [6.45, 7) is 3.43. The molecule has 90 valence electrons. The Bertz CT molecular complexity index is 153. The molecule has 0 aromatic carbocycles. The largest absolute Gasteiger partial charge is 0.310 e. The van der Waals surface area contributed by atoms with E-state index in [9.17, 15) is 0 Å². The van der Waals surface area contributed by atoms with E-state index in [0.717, 1.165) is 12.4 Å². The molecule has 0 aliphatic heterocycles. The molecule has 0 radical (unpaired) electrons. The highest BCUT2D eigenvalue weighted by molar-refractivity contribution is 6.18. The second kappa shape index (κ2) is 7.51. The quantitative estimate of drug-likeness (QED) is 0.490. The lowest BCUT2D eigenvalue weighted by molar-refractivity contribution is 0.364. The van der Waals surface area contributed by atoms with Crippen LogP contribution in [0.25, 0.3) is 0 Å². The maximum absolute atomic E-state index is 6.06. The molecule has 0 spiro atoms. The molecule has 1 aliphatic carbocycles. The van der Waals surface area contributed by atoms with Crippen LogP contribution in [0.4, 0.5) is 0 Å². The average molecular weight is 232 g/mol. The van der Waals surface area contributed by atoms with Crippen LogP contribution in [0.15, 0.2) is 0 Å². The predicted octanol–water partition coefficient (Wildman–Crippen LogP) is 4.10. The number of hydrogen-bond acceptors (Lipinski definition) is 1. The van der Waals surface area contributed by atoms with Crippen LogP contribution < -0.4 is 5.32 Å². The molecule has 0 bridgehead atoms. The molecule has 0 heterocycles. The summed E-state index contributed by atoms with van der Waals surface area (Å²) in [5, 5.41) is 3.69. The van der Waals surface area contributed by atoms with E-state index in [1.807, 2.05) is 0 Å². The fourth-order valence-electron chi connectivity index (χ4n) is 2.49. The molecular weight excluding hydrogens is 206 g/mol. The Kier molecular flexibility index (Phi) is 6.67. The Morgan fingerprint density at radius 1 is 1.07 bits per heavy atom. The van der Waals surface area contributed by atoms with Gasteiger partial charge >= 0.3 is 0 Å². The lowest BCUT2D eigenvalue weighted by Crippen LogP contribution is -2.44. The zero-order chi connectivity index (χ0) is 11.0. The minimum atomic E-state index is 0.298. The fourth-order valence-corrected chi connectivity index (χ4v) is 2.85. The van der Waals surface area contributed by atoms with E-state index in [1.54, 1.807) is 0 Å². The second-order valence-electron chi connectivity index (χ2n) is 4.96. The molecule has 0 atom stereocenters. The molecule has 1 nitrogen and oxygen atoms in total. The molecule has 0 saturated heterocycles. The normalized spacial score (nSPS) is 19.6. The molecule has 1 rings (SSSR count). The standard InChI is InChI=1S/C13H26ClN/c1-2-3-4-5-8-11-15-13(12-14)9-6-7-10-13/h15H,2-12H2,1H3. The van der Waals surface area contributed by atoms with Gasteiger partial charge in [-0.15, -0.1) is 11.6 Å². The zero-order valence-electron chi connectivity index (χ0n) is 10.2. The van der Waals surface area contributed by atoms with Crippen LogP contribution >= 0.6 is 11.6 Å². The van der Waals surface area contributed by atoms with Crippen LogP contribution in [0.2, 0.25) is 0 Å². The summed E-state index contributed by atoms with van der Waals surface area (Å²) >= 11 is 6.06. The number of nitrogens with one attached hydrogen (secondary N) is 1. The van der Waals surface area contributed by atoms with E-state index in [-0.39, 0.29) is 0 Å². The number of unbranched alkanes of at least 4 members (excludes halogenated alkanes) is 4. The second-order valence-corrected chi connectivity index (χ2v) is 5.23. The molecule has 15 heavy (non-hydrogen) atoms. The van der Waals surface area contributed by atoms with Crippen LogP contribution in [0.3, 0.4) is 0 Å². The summed E-state index contributed by atoms with van der Waals surface area (Å²) in [5.41, 5.74) is 0.298. The van der Waals surface area contributed by atoms with E-state index in [0.29, 0.717) is 5.54 Å². The van der Waals surface area contributed by atoms with Crippen LogP contribution in [0.5, 0.6) is 0 Å². The Hall–Kier alpha value is 0.250. The van der Waals surface area contributed by atoms with Gasteiger partial charge in [0.15, 0.2) is 0 Å². The first-order chi connectivity index (χ1) is 7.33. The first-order valence-electron chi connectivity index (χ1n) is 6.64. The van der Waals surface area contributed by atoms with Gasteiger partial charge in [-0.1, -0.05) is 45.4 Å². The van der Waals surface area contributed by atoms with Gasteiger partial charge < -0.3 is 5.32 Å². The molecule has 0 aromatic rings. The molecule has 1 saturated carbocycles. The summed E-state index contributed by atoms with van der Waals surface area (Å²) in [6.07, 6.45) is 12.1. The van der Waals surface area contributed by atoms with Crippen molar-refractivity contribution in [1.29, 1.82) is 0 Å². The highest BCUT2D eigenvalue weighted by atomic mass is 35.5. The molecule has 2 heteroatoms. The van der Waals surface area contributed by atoms with Gasteiger partial charge in [0.1, 0.15) is 0 Å². The molecule has 1 aliphatic rings. The van der Waals surface area contributed by atoms with Crippen LogP contribution in [-0.2, 0) is 0 Å². The first kappa shape index (κ1) is 13.3. The van der Waals surface area contributed by atoms with Crippen LogP contribution in [0.1, 0.15) is 64.7 Å². The van der Waals surface area contributed by atoms with Gasteiger partial charge in [0.25, 0.3) is 0 Å². The lowest BCUT2D eigenvalue weighted by Gasteiger charge is -2.28. The van der Waals surface area contributed by atoms with Gasteiger partial charge in [-0.3, -0.25) is 0 Å². The molecule has 0 amide bonds. The molecule has 1 N–H and O–H groups in total. The summed E-state index contributed by atoms with van der Waals surface area (Å²) in [5.74, 6) is 0.794. The number of hydrogen-bond donors (Lipinski definition) is 1. The van der Waals surface area contributed by atoms with Crippen molar-refractivity contribution in [2.45, 2.75) is 70.3 Å².